The molecule has 8 heteroatoms. The van der Waals surface area contributed by atoms with E-state index < -0.39 is 0 Å². The fourth-order valence-electron chi connectivity index (χ4n) is 3.64. The highest BCUT2D eigenvalue weighted by atomic mass is 79.9. The van der Waals surface area contributed by atoms with E-state index in [1.54, 1.807) is 0 Å². The quantitative estimate of drug-likeness (QED) is 0.561. The van der Waals surface area contributed by atoms with Crippen LogP contribution in [0.5, 0.6) is 5.75 Å². The van der Waals surface area contributed by atoms with E-state index in [0.717, 1.165) is 40.6 Å². The molecule has 3 rings (SSSR count). The number of aromatic nitrogens is 3. The maximum Gasteiger partial charge on any atom is 0.233 e. The molecule has 1 aliphatic rings. The SMILES string of the molecule is CCn1c(COc2ccc(Br)cc2)nnc1SCC(=O)N1[C@H](C)CCC[C@@H]1C. The van der Waals surface area contributed by atoms with Gasteiger partial charge < -0.3 is 14.2 Å². The van der Waals surface area contributed by atoms with Crippen LogP contribution in [-0.4, -0.2) is 43.4 Å². The van der Waals surface area contributed by atoms with Gasteiger partial charge in [0.25, 0.3) is 0 Å². The molecule has 28 heavy (non-hydrogen) atoms. The Kier molecular flexibility index (Phi) is 7.40. The Labute approximate surface area is 179 Å². The topological polar surface area (TPSA) is 60.2 Å². The van der Waals surface area contributed by atoms with Crippen molar-refractivity contribution in [2.45, 2.75) is 70.4 Å². The molecule has 1 aromatic carbocycles. The molecule has 0 bridgehead atoms. The number of thioether (sulfide) groups is 1. The molecule has 0 spiro atoms. The Bertz CT molecular complexity index is 786. The third-order valence-corrected chi connectivity index (χ3v) is 6.58. The van der Waals surface area contributed by atoms with Gasteiger partial charge in [0.1, 0.15) is 12.4 Å². The molecule has 1 aromatic heterocycles. The van der Waals surface area contributed by atoms with Crippen LogP contribution in [0.3, 0.4) is 0 Å². The number of carbonyl (C=O) groups is 1. The second-order valence-electron chi connectivity index (χ2n) is 7.10. The first kappa shape index (κ1) is 21.2. The zero-order chi connectivity index (χ0) is 20.1. The number of ether oxygens (including phenoxy) is 1. The summed E-state index contributed by atoms with van der Waals surface area (Å²) in [5.74, 6) is 2.12. The van der Waals surface area contributed by atoms with Crippen LogP contribution in [0.15, 0.2) is 33.9 Å². The van der Waals surface area contributed by atoms with Crippen LogP contribution in [-0.2, 0) is 17.9 Å². The van der Waals surface area contributed by atoms with Crippen LogP contribution in [0.2, 0.25) is 0 Å². The summed E-state index contributed by atoms with van der Waals surface area (Å²) < 4.78 is 8.85. The summed E-state index contributed by atoms with van der Waals surface area (Å²) in [6.45, 7) is 7.41. The lowest BCUT2D eigenvalue weighted by Gasteiger charge is -2.39. The van der Waals surface area contributed by atoms with Crippen molar-refractivity contribution in [2.24, 2.45) is 0 Å². The molecule has 1 fully saturated rings. The normalized spacial score (nSPS) is 19.6. The number of rotatable bonds is 7. The predicted octanol–water partition coefficient (Wildman–Crippen LogP) is 4.52. The molecule has 1 aliphatic heterocycles. The highest BCUT2D eigenvalue weighted by Crippen LogP contribution is 2.25. The molecule has 6 nitrogen and oxygen atoms in total. The number of likely N-dealkylation sites (tertiary alicyclic amines) is 1. The maximum atomic E-state index is 12.8. The van der Waals surface area contributed by atoms with Crippen molar-refractivity contribution in [3.63, 3.8) is 0 Å². The molecule has 2 heterocycles. The minimum absolute atomic E-state index is 0.183. The Balaban J connectivity index is 1.60. The van der Waals surface area contributed by atoms with Crippen molar-refractivity contribution in [1.82, 2.24) is 19.7 Å². The molecule has 1 amide bonds. The summed E-state index contributed by atoms with van der Waals surface area (Å²) in [5, 5.41) is 9.33. The number of benzene rings is 1. The third-order valence-electron chi connectivity index (χ3n) is 5.10. The van der Waals surface area contributed by atoms with E-state index >= 15 is 0 Å². The van der Waals surface area contributed by atoms with Crippen LogP contribution in [0, 0.1) is 0 Å². The van der Waals surface area contributed by atoms with Gasteiger partial charge in [-0.1, -0.05) is 27.7 Å². The van der Waals surface area contributed by atoms with Crippen LogP contribution >= 0.6 is 27.7 Å². The van der Waals surface area contributed by atoms with Crippen molar-refractivity contribution in [3.8, 4) is 5.75 Å². The lowest BCUT2D eigenvalue weighted by Crippen LogP contribution is -2.48. The molecule has 0 radical (unpaired) electrons. The average Bonchev–Trinajstić information content (AvgIpc) is 3.07. The summed E-state index contributed by atoms with van der Waals surface area (Å²) in [7, 11) is 0. The van der Waals surface area contributed by atoms with Gasteiger partial charge >= 0.3 is 0 Å². The summed E-state index contributed by atoms with van der Waals surface area (Å²) in [6, 6.07) is 8.33. The van der Waals surface area contributed by atoms with E-state index in [4.69, 9.17) is 4.74 Å². The second-order valence-corrected chi connectivity index (χ2v) is 8.96. The average molecular weight is 467 g/mol. The smallest absolute Gasteiger partial charge is 0.233 e. The number of halogens is 1. The first-order valence-corrected chi connectivity index (χ1v) is 11.5. The fraction of sp³-hybridized carbons (Fsp3) is 0.550. The number of amides is 1. The standard InChI is InChI=1S/C20H27BrN4O2S/c1-4-24-18(12-27-17-10-8-16(21)9-11-17)22-23-20(24)28-13-19(26)25-14(2)6-5-7-15(25)3/h8-11,14-15H,4-7,12-13H2,1-3H3/t14-,15+. The Morgan fingerprint density at radius 3 is 2.54 bits per heavy atom. The molecule has 0 aliphatic carbocycles. The van der Waals surface area contributed by atoms with Crippen molar-refractivity contribution in [3.05, 3.63) is 34.6 Å². The summed E-state index contributed by atoms with van der Waals surface area (Å²) in [5.41, 5.74) is 0. The monoisotopic (exact) mass is 466 g/mol. The van der Waals surface area contributed by atoms with Gasteiger partial charge in [-0.25, -0.2) is 0 Å². The molecule has 0 N–H and O–H groups in total. The first-order chi connectivity index (χ1) is 13.5. The Hall–Kier alpha value is -1.54. The van der Waals surface area contributed by atoms with Crippen LogP contribution in [0.1, 0.15) is 45.9 Å². The Morgan fingerprint density at radius 1 is 1.21 bits per heavy atom. The molecular formula is C20H27BrN4O2S. The van der Waals surface area contributed by atoms with Crippen LogP contribution in [0.25, 0.3) is 0 Å². The van der Waals surface area contributed by atoms with Gasteiger partial charge in [-0.05, 0) is 64.3 Å². The van der Waals surface area contributed by atoms with E-state index in [-0.39, 0.29) is 5.91 Å². The van der Waals surface area contributed by atoms with Crippen LogP contribution in [0.4, 0.5) is 0 Å². The highest BCUT2D eigenvalue weighted by molar-refractivity contribution is 9.10. The third kappa shape index (κ3) is 5.08. The maximum absolute atomic E-state index is 12.8. The van der Waals surface area contributed by atoms with E-state index in [2.05, 4.69) is 40.0 Å². The molecule has 1 saturated heterocycles. The molecule has 0 saturated carbocycles. The van der Waals surface area contributed by atoms with Gasteiger partial charge in [-0.15, -0.1) is 10.2 Å². The zero-order valence-electron chi connectivity index (χ0n) is 16.6. The predicted molar refractivity (Wildman–Crippen MR) is 115 cm³/mol. The van der Waals surface area contributed by atoms with Crippen molar-refractivity contribution in [2.75, 3.05) is 5.75 Å². The molecular weight excluding hydrogens is 440 g/mol. The van der Waals surface area contributed by atoms with Crippen LogP contribution < -0.4 is 4.74 Å². The van der Waals surface area contributed by atoms with Gasteiger partial charge in [0, 0.05) is 23.1 Å². The van der Waals surface area contributed by atoms with E-state index in [1.807, 2.05) is 40.7 Å². The molecule has 2 aromatic rings. The Morgan fingerprint density at radius 2 is 1.89 bits per heavy atom. The van der Waals surface area contributed by atoms with E-state index in [0.29, 0.717) is 24.4 Å². The summed E-state index contributed by atoms with van der Waals surface area (Å²) >= 11 is 4.88. The van der Waals surface area contributed by atoms with E-state index in [1.165, 1.54) is 18.2 Å². The summed E-state index contributed by atoms with van der Waals surface area (Å²) in [4.78, 5) is 14.8. The van der Waals surface area contributed by atoms with Crippen molar-refractivity contribution < 1.29 is 9.53 Å². The number of carbonyl (C=O) groups excluding carboxylic acids is 1. The minimum atomic E-state index is 0.183. The summed E-state index contributed by atoms with van der Waals surface area (Å²) in [6.07, 6.45) is 3.37. The molecule has 2 atom stereocenters. The number of nitrogens with zero attached hydrogens (tertiary/aromatic N) is 4. The number of hydrogen-bond donors (Lipinski definition) is 0. The fourth-order valence-corrected chi connectivity index (χ4v) is 4.80. The highest BCUT2D eigenvalue weighted by Gasteiger charge is 2.29. The van der Waals surface area contributed by atoms with E-state index in [9.17, 15) is 4.79 Å². The van der Waals surface area contributed by atoms with Gasteiger partial charge in [-0.3, -0.25) is 4.79 Å². The number of hydrogen-bond acceptors (Lipinski definition) is 5. The lowest BCUT2D eigenvalue weighted by atomic mass is 9.98. The van der Waals surface area contributed by atoms with Gasteiger partial charge in [-0.2, -0.15) is 0 Å². The van der Waals surface area contributed by atoms with Gasteiger partial charge in [0.2, 0.25) is 5.91 Å². The van der Waals surface area contributed by atoms with Crippen molar-refractivity contribution >= 4 is 33.6 Å². The lowest BCUT2D eigenvalue weighted by molar-refractivity contribution is -0.134. The van der Waals surface area contributed by atoms with Gasteiger partial charge in [0.15, 0.2) is 11.0 Å². The second kappa shape index (κ2) is 9.78. The first-order valence-electron chi connectivity index (χ1n) is 9.74. The van der Waals surface area contributed by atoms with Gasteiger partial charge in [0.05, 0.1) is 5.75 Å². The number of piperidine rings is 1. The minimum Gasteiger partial charge on any atom is -0.486 e. The molecule has 152 valence electrons. The zero-order valence-corrected chi connectivity index (χ0v) is 19.0. The van der Waals surface area contributed by atoms with Crippen molar-refractivity contribution in [1.29, 1.82) is 0 Å². The largest absolute Gasteiger partial charge is 0.486 e. The molecule has 0 unspecified atom stereocenters.